The van der Waals surface area contributed by atoms with Crippen LogP contribution in [0.15, 0.2) is 76.6 Å². The molecule has 14 heteroatoms. The number of anilines is 2. The van der Waals surface area contributed by atoms with Crippen molar-refractivity contribution < 1.29 is 28.8 Å². The van der Waals surface area contributed by atoms with Gasteiger partial charge in [0.05, 0.1) is 34.1 Å². The van der Waals surface area contributed by atoms with Gasteiger partial charge in [-0.25, -0.2) is 0 Å². The molecular weight excluding hydrogens is 681 g/mol. The first-order valence-corrected chi connectivity index (χ1v) is 18.1. The van der Waals surface area contributed by atoms with E-state index >= 15 is 0 Å². The van der Waals surface area contributed by atoms with E-state index < -0.39 is 16.8 Å². The third kappa shape index (κ3) is 5.28. The molecule has 2 N–H and O–H groups in total. The van der Waals surface area contributed by atoms with E-state index in [-0.39, 0.29) is 63.8 Å². The number of imide groups is 1. The van der Waals surface area contributed by atoms with Crippen LogP contribution >= 0.6 is 23.1 Å². The number of ether oxygens (including phenoxy) is 2. The summed E-state index contributed by atoms with van der Waals surface area (Å²) in [4.78, 5) is 69.0. The van der Waals surface area contributed by atoms with Crippen LogP contribution in [0.1, 0.15) is 35.3 Å². The molecule has 2 saturated carbocycles. The molecule has 1 saturated heterocycles. The molecule has 7 atom stereocenters. The Morgan fingerprint density at radius 1 is 0.980 bits per heavy atom. The van der Waals surface area contributed by atoms with Crippen molar-refractivity contribution in [1.82, 2.24) is 4.98 Å². The van der Waals surface area contributed by atoms with E-state index in [9.17, 15) is 29.3 Å². The zero-order chi connectivity index (χ0) is 34.8. The lowest BCUT2D eigenvalue weighted by molar-refractivity contribution is -0.384. The fraction of sp³-hybridized carbons (Fsp3) is 0.333. The predicted octanol–water partition coefficient (Wildman–Crippen LogP) is 5.75. The van der Waals surface area contributed by atoms with Crippen molar-refractivity contribution >= 4 is 57.9 Å². The van der Waals surface area contributed by atoms with Gasteiger partial charge in [0.15, 0.2) is 18.1 Å². The van der Waals surface area contributed by atoms with Gasteiger partial charge in [-0.05, 0) is 80.0 Å². The number of nitrogens with one attached hydrogen (secondary N) is 2. The van der Waals surface area contributed by atoms with Gasteiger partial charge in [0.2, 0.25) is 11.8 Å². The van der Waals surface area contributed by atoms with Crippen LogP contribution in [0.5, 0.6) is 11.5 Å². The van der Waals surface area contributed by atoms with Crippen LogP contribution in [0.4, 0.5) is 17.1 Å². The monoisotopic (exact) mass is 712 g/mol. The Labute approximate surface area is 294 Å². The summed E-state index contributed by atoms with van der Waals surface area (Å²) in [5.74, 6) is -1.50. The normalized spacial score (nSPS) is 26.0. The number of benzene rings is 3. The molecule has 1 aromatic heterocycles. The number of thioether (sulfide) groups is 1. The first-order chi connectivity index (χ1) is 24.1. The van der Waals surface area contributed by atoms with Gasteiger partial charge in [0.1, 0.15) is 0 Å². The van der Waals surface area contributed by atoms with Crippen molar-refractivity contribution in [2.75, 3.05) is 23.4 Å². The number of nitro benzene ring substituents is 1. The molecule has 4 aliphatic rings. The highest BCUT2D eigenvalue weighted by Gasteiger charge is 2.69. The summed E-state index contributed by atoms with van der Waals surface area (Å²) in [6.45, 7) is 3.96. The minimum Gasteiger partial charge on any atom is -0.490 e. The number of non-ortho nitro benzene ring substituents is 1. The fourth-order valence-electron chi connectivity index (χ4n) is 8.45. The summed E-state index contributed by atoms with van der Waals surface area (Å²) in [5, 5.41) is 14.8. The number of aryl methyl sites for hydroxylation is 1. The summed E-state index contributed by atoms with van der Waals surface area (Å²) in [7, 11) is 0. The molecular formula is C36H32N4O8S2. The van der Waals surface area contributed by atoms with Gasteiger partial charge in [-0.15, -0.1) is 11.8 Å². The number of nitro groups is 1. The van der Waals surface area contributed by atoms with Gasteiger partial charge < -0.3 is 19.8 Å². The average Bonchev–Trinajstić information content (AvgIpc) is 3.84. The molecule has 3 heterocycles. The van der Waals surface area contributed by atoms with Crippen molar-refractivity contribution in [1.29, 1.82) is 0 Å². The molecule has 0 spiro atoms. The number of H-pyrrole nitrogens is 1. The molecule has 2 bridgehead atoms. The minimum absolute atomic E-state index is 0.0190. The standard InChI is InChI=1S/C36H32N4O8S2/c1-3-47-25-14-18(6-13-24(25)48-16-26(41)37-19-7-4-17(2)5-8-19)27-28-22-15-23(31(28)49-33-32(27)50-36(44)38-33)30-29(22)34(42)39(35(30)43)20-9-11-21(12-10-20)40(45)46/h4-14,22-23,27-31H,3,15-16H2,1-2H3,(H,37,41)(H,38,44)/t22-,23-,27+,28-,29+,30+,31-/m1/s1. The van der Waals surface area contributed by atoms with Gasteiger partial charge in [-0.2, -0.15) is 0 Å². The minimum atomic E-state index is -0.523. The fourth-order valence-corrected chi connectivity index (χ4v) is 11.3. The quantitative estimate of drug-likeness (QED) is 0.125. The number of rotatable bonds is 9. The van der Waals surface area contributed by atoms with E-state index in [0.29, 0.717) is 35.9 Å². The molecule has 2 aliphatic heterocycles. The Bertz CT molecular complexity index is 2100. The van der Waals surface area contributed by atoms with Gasteiger partial charge in [0, 0.05) is 33.9 Å². The molecule has 50 heavy (non-hydrogen) atoms. The Hall–Kier alpha value is -4.95. The van der Waals surface area contributed by atoms with Crippen molar-refractivity contribution in [3.8, 4) is 11.5 Å². The van der Waals surface area contributed by atoms with E-state index in [2.05, 4.69) is 10.3 Å². The lowest BCUT2D eigenvalue weighted by Gasteiger charge is -2.43. The summed E-state index contributed by atoms with van der Waals surface area (Å²) in [6.07, 6.45) is 0.717. The first kappa shape index (κ1) is 32.3. The molecule has 256 valence electrons. The largest absolute Gasteiger partial charge is 0.490 e. The maximum absolute atomic E-state index is 14.1. The average molecular weight is 713 g/mol. The molecule has 0 unspecified atom stereocenters. The zero-order valence-electron chi connectivity index (χ0n) is 27.0. The molecule has 3 aromatic carbocycles. The van der Waals surface area contributed by atoms with Gasteiger partial charge in [-0.3, -0.25) is 34.2 Å². The Morgan fingerprint density at radius 3 is 2.40 bits per heavy atom. The van der Waals surface area contributed by atoms with Crippen molar-refractivity contribution in [3.05, 3.63) is 103 Å². The van der Waals surface area contributed by atoms with Crippen LogP contribution in [0.25, 0.3) is 0 Å². The lowest BCUT2D eigenvalue weighted by Crippen LogP contribution is -2.42. The summed E-state index contributed by atoms with van der Waals surface area (Å²) in [6, 6.07) is 18.6. The number of thiazole rings is 1. The van der Waals surface area contributed by atoms with Crippen molar-refractivity contribution in [2.24, 2.45) is 29.6 Å². The van der Waals surface area contributed by atoms with E-state index in [1.165, 1.54) is 29.2 Å². The van der Waals surface area contributed by atoms with Crippen LogP contribution in [-0.2, 0) is 14.4 Å². The van der Waals surface area contributed by atoms with Gasteiger partial charge in [-0.1, -0.05) is 35.1 Å². The summed E-state index contributed by atoms with van der Waals surface area (Å²) in [5.41, 5.74) is 2.86. The smallest absolute Gasteiger partial charge is 0.305 e. The maximum Gasteiger partial charge on any atom is 0.305 e. The number of hydrogen-bond donors (Lipinski definition) is 2. The lowest BCUT2D eigenvalue weighted by atomic mass is 9.68. The number of nitrogens with zero attached hydrogens (tertiary/aromatic N) is 2. The third-order valence-corrected chi connectivity index (χ3v) is 13.0. The van der Waals surface area contributed by atoms with E-state index in [4.69, 9.17) is 9.47 Å². The second kappa shape index (κ2) is 12.4. The van der Waals surface area contributed by atoms with Crippen LogP contribution in [0, 0.1) is 46.6 Å². The Balaban J connectivity index is 1.09. The number of amides is 3. The van der Waals surface area contributed by atoms with Crippen LogP contribution < -0.4 is 24.6 Å². The van der Waals surface area contributed by atoms with Crippen LogP contribution in [0.3, 0.4) is 0 Å². The Morgan fingerprint density at radius 2 is 1.70 bits per heavy atom. The molecule has 8 rings (SSSR count). The maximum atomic E-state index is 14.1. The molecule has 2 aliphatic carbocycles. The first-order valence-electron chi connectivity index (χ1n) is 16.4. The highest BCUT2D eigenvalue weighted by Crippen LogP contribution is 2.68. The second-order valence-electron chi connectivity index (χ2n) is 13.1. The molecule has 0 radical (unpaired) electrons. The third-order valence-electron chi connectivity index (χ3n) is 10.4. The SMILES string of the molecule is CCOc1cc([C@@H]2c3sc(=O)[nH]c3S[C@@H]3[C@@H]4C[C@@H]([C@@H]5C(=O)N(c6ccc([N+](=O)[O-])cc6)C(=O)[C@@H]45)[C@H]23)ccc1OCC(=O)Nc1ccc(C)cc1. The topological polar surface area (TPSA) is 161 Å². The van der Waals surface area contributed by atoms with Crippen LogP contribution in [-0.4, -0.2) is 46.1 Å². The molecule has 3 fully saturated rings. The molecule has 12 nitrogen and oxygen atoms in total. The summed E-state index contributed by atoms with van der Waals surface area (Å²) < 4.78 is 11.9. The van der Waals surface area contributed by atoms with Gasteiger partial charge >= 0.3 is 4.87 Å². The zero-order valence-corrected chi connectivity index (χ0v) is 28.6. The number of carbonyl (C=O) groups is 3. The second-order valence-corrected chi connectivity index (χ2v) is 15.3. The molecule has 4 aromatic rings. The Kier molecular flexibility index (Phi) is 8.02. The number of fused-ring (bicyclic) bond motifs is 9. The van der Waals surface area contributed by atoms with Crippen molar-refractivity contribution in [3.63, 3.8) is 0 Å². The highest BCUT2D eigenvalue weighted by molar-refractivity contribution is 8.00. The number of hydrogen-bond acceptors (Lipinski definition) is 10. The number of carbonyl (C=O) groups excluding carboxylic acids is 3. The summed E-state index contributed by atoms with van der Waals surface area (Å²) >= 11 is 2.75. The van der Waals surface area contributed by atoms with Crippen molar-refractivity contribution in [2.45, 2.75) is 36.5 Å². The molecule has 3 amide bonds. The van der Waals surface area contributed by atoms with Crippen LogP contribution in [0.2, 0.25) is 0 Å². The predicted molar refractivity (Wildman–Crippen MR) is 187 cm³/mol. The van der Waals surface area contributed by atoms with E-state index in [1.54, 1.807) is 17.8 Å². The van der Waals surface area contributed by atoms with Gasteiger partial charge in [0.25, 0.3) is 11.6 Å². The van der Waals surface area contributed by atoms with E-state index in [0.717, 1.165) is 32.4 Å². The van der Waals surface area contributed by atoms with E-state index in [1.807, 2.05) is 50.2 Å². The number of aromatic nitrogens is 1. The highest BCUT2D eigenvalue weighted by atomic mass is 32.2. The number of aromatic amines is 1.